The number of benzene rings is 2. The molecule has 0 bridgehead atoms. The van der Waals surface area contributed by atoms with Gasteiger partial charge in [-0.15, -0.1) is 0 Å². The molecule has 2 aromatic carbocycles. The van der Waals surface area contributed by atoms with E-state index in [4.69, 9.17) is 0 Å². The third-order valence-electron chi connectivity index (χ3n) is 3.43. The molecule has 0 aliphatic carbocycles. The maximum Gasteiger partial charge on any atom is 0.419 e. The van der Waals surface area contributed by atoms with Gasteiger partial charge in [0.05, 0.1) is 11.3 Å². The fraction of sp³-hybridized carbons (Fsp3) is 0.0588. The second-order valence-corrected chi connectivity index (χ2v) is 6.15. The summed E-state index contributed by atoms with van der Waals surface area (Å²) in [5.74, 6) is -3.21. The van der Waals surface area contributed by atoms with E-state index >= 15 is 0 Å². The molecule has 1 heterocycles. The summed E-state index contributed by atoms with van der Waals surface area (Å²) in [6.07, 6.45) is -3.44. The summed E-state index contributed by atoms with van der Waals surface area (Å²) in [7, 11) is 0. The lowest BCUT2D eigenvalue weighted by Crippen LogP contribution is -2.09. The molecule has 0 radical (unpaired) electrons. The topological polar surface area (TPSA) is 27.8 Å². The van der Waals surface area contributed by atoms with E-state index in [-0.39, 0.29) is 6.07 Å². The van der Waals surface area contributed by atoms with Crippen molar-refractivity contribution >= 4 is 17.6 Å². The van der Waals surface area contributed by atoms with E-state index < -0.39 is 34.9 Å². The lowest BCUT2D eigenvalue weighted by Gasteiger charge is -2.11. The van der Waals surface area contributed by atoms with Gasteiger partial charge in [-0.25, -0.2) is 13.2 Å². The molecule has 2 nitrogen and oxygen atoms in total. The Bertz CT molecular complexity index is 935. The van der Waals surface area contributed by atoms with E-state index in [2.05, 4.69) is 9.71 Å². The number of nitrogens with one attached hydrogen (secondary N) is 2. The van der Waals surface area contributed by atoms with Crippen LogP contribution in [0.1, 0.15) is 5.56 Å². The zero-order chi connectivity index (χ0) is 18.9. The highest BCUT2D eigenvalue weighted by Crippen LogP contribution is 2.35. The minimum Gasteiger partial charge on any atom is -0.360 e. The molecule has 2 N–H and O–H groups in total. The van der Waals surface area contributed by atoms with Crippen LogP contribution >= 0.6 is 11.9 Å². The van der Waals surface area contributed by atoms with Crippen LogP contribution in [-0.4, -0.2) is 4.98 Å². The van der Waals surface area contributed by atoms with E-state index in [9.17, 15) is 26.3 Å². The molecule has 0 unspecified atom stereocenters. The maximum absolute atomic E-state index is 13.8. The molecule has 0 atom stereocenters. The third-order valence-corrected chi connectivity index (χ3v) is 4.23. The van der Waals surface area contributed by atoms with Crippen LogP contribution in [0.4, 0.5) is 32.0 Å². The molecule has 0 saturated carbocycles. The Morgan fingerprint density at radius 1 is 0.923 bits per heavy atom. The maximum atomic E-state index is 13.8. The van der Waals surface area contributed by atoms with Crippen LogP contribution in [0.5, 0.6) is 0 Å². The highest BCUT2D eigenvalue weighted by Gasteiger charge is 2.35. The third kappa shape index (κ3) is 3.98. The van der Waals surface area contributed by atoms with E-state index in [0.717, 1.165) is 11.9 Å². The molecule has 0 aliphatic heterocycles. The lowest BCUT2D eigenvalue weighted by atomic mass is 10.1. The van der Waals surface area contributed by atoms with Crippen molar-refractivity contribution in [1.82, 2.24) is 4.98 Å². The number of H-pyrrole nitrogens is 1. The van der Waals surface area contributed by atoms with Crippen molar-refractivity contribution < 1.29 is 26.3 Å². The van der Waals surface area contributed by atoms with Gasteiger partial charge in [-0.3, -0.25) is 0 Å². The summed E-state index contributed by atoms with van der Waals surface area (Å²) in [4.78, 5) is 3.44. The van der Waals surface area contributed by atoms with E-state index in [1.54, 1.807) is 12.1 Å². The Labute approximate surface area is 148 Å². The average molecular weight is 388 g/mol. The molecule has 0 fully saturated rings. The molecule has 1 aromatic heterocycles. The van der Waals surface area contributed by atoms with Gasteiger partial charge in [-0.2, -0.15) is 13.2 Å². The fourth-order valence-corrected chi connectivity index (χ4v) is 2.89. The van der Waals surface area contributed by atoms with Crippen molar-refractivity contribution in [3.63, 3.8) is 0 Å². The number of rotatable bonds is 4. The molecule has 26 heavy (non-hydrogen) atoms. The van der Waals surface area contributed by atoms with Crippen molar-refractivity contribution in [3.05, 3.63) is 71.7 Å². The van der Waals surface area contributed by atoms with E-state index in [1.807, 2.05) is 0 Å². The van der Waals surface area contributed by atoms with E-state index in [1.165, 1.54) is 24.4 Å². The summed E-state index contributed by atoms with van der Waals surface area (Å²) in [5, 5.41) is 0. The molecule has 9 heteroatoms. The predicted molar refractivity (Wildman–Crippen MR) is 87.0 cm³/mol. The minimum absolute atomic E-state index is 0.105. The zero-order valence-corrected chi connectivity index (χ0v) is 13.6. The summed E-state index contributed by atoms with van der Waals surface area (Å²) in [6.45, 7) is 0. The standard InChI is InChI=1S/C17H10F6N2S/c18-10-3-1-2-9(4-10)15-5-11(8-24-15)26-25-16-7-13(19)12(6-14(16)20)17(21,22)23/h1-8,24-25H. The monoisotopic (exact) mass is 388 g/mol. The fourth-order valence-electron chi connectivity index (χ4n) is 2.21. The highest BCUT2D eigenvalue weighted by atomic mass is 32.2. The Morgan fingerprint density at radius 3 is 2.38 bits per heavy atom. The summed E-state index contributed by atoms with van der Waals surface area (Å²) in [6, 6.07) is 8.02. The highest BCUT2D eigenvalue weighted by molar-refractivity contribution is 8.00. The molecule has 3 rings (SSSR count). The van der Waals surface area contributed by atoms with Crippen LogP contribution < -0.4 is 4.72 Å². The Balaban J connectivity index is 1.75. The van der Waals surface area contributed by atoms with Gasteiger partial charge < -0.3 is 9.71 Å². The van der Waals surface area contributed by atoms with Crippen LogP contribution in [0, 0.1) is 17.5 Å². The number of aromatic amines is 1. The van der Waals surface area contributed by atoms with Gasteiger partial charge in [0.2, 0.25) is 0 Å². The second kappa shape index (κ2) is 6.99. The summed E-state index contributed by atoms with van der Waals surface area (Å²) >= 11 is 0.867. The normalized spacial score (nSPS) is 11.6. The van der Waals surface area contributed by atoms with Gasteiger partial charge in [0.15, 0.2) is 0 Å². The van der Waals surface area contributed by atoms with Crippen molar-refractivity contribution in [2.45, 2.75) is 11.1 Å². The average Bonchev–Trinajstić information content (AvgIpc) is 3.03. The zero-order valence-electron chi connectivity index (χ0n) is 12.8. The molecular formula is C17H10F6N2S. The Morgan fingerprint density at radius 2 is 1.69 bits per heavy atom. The molecule has 3 aromatic rings. The predicted octanol–water partition coefficient (Wildman–Crippen LogP) is 6.24. The molecule has 136 valence electrons. The van der Waals surface area contributed by atoms with Gasteiger partial charge in [-0.05, 0) is 36.2 Å². The van der Waals surface area contributed by atoms with Gasteiger partial charge in [0.25, 0.3) is 0 Å². The molecular weight excluding hydrogens is 378 g/mol. The van der Waals surface area contributed by atoms with Crippen molar-refractivity contribution in [1.29, 1.82) is 0 Å². The van der Waals surface area contributed by atoms with Crippen LogP contribution in [-0.2, 0) is 6.18 Å². The van der Waals surface area contributed by atoms with Crippen LogP contribution in [0.2, 0.25) is 0 Å². The summed E-state index contributed by atoms with van der Waals surface area (Å²) in [5.41, 5.74) is -0.911. The van der Waals surface area contributed by atoms with Gasteiger partial charge >= 0.3 is 6.18 Å². The van der Waals surface area contributed by atoms with Gasteiger partial charge in [-0.1, -0.05) is 12.1 Å². The van der Waals surface area contributed by atoms with Crippen molar-refractivity contribution in [2.75, 3.05) is 4.72 Å². The van der Waals surface area contributed by atoms with Crippen LogP contribution in [0.25, 0.3) is 11.3 Å². The number of hydrogen-bond acceptors (Lipinski definition) is 2. The Kier molecular flexibility index (Phi) is 4.90. The number of hydrogen-bond donors (Lipinski definition) is 2. The quantitative estimate of drug-likeness (QED) is 0.409. The minimum atomic E-state index is -4.98. The largest absolute Gasteiger partial charge is 0.419 e. The second-order valence-electron chi connectivity index (χ2n) is 5.27. The first-order valence-electron chi connectivity index (χ1n) is 7.17. The molecule has 0 spiro atoms. The Hall–Kier alpha value is -2.55. The SMILES string of the molecule is Fc1cccc(-c2cc(SNc3cc(F)c(C(F)(F)F)cc3F)c[nH]2)c1. The first-order chi connectivity index (χ1) is 12.2. The van der Waals surface area contributed by atoms with Crippen molar-refractivity contribution in [3.8, 4) is 11.3 Å². The smallest absolute Gasteiger partial charge is 0.360 e. The first kappa shape index (κ1) is 18.2. The number of anilines is 1. The number of halogens is 6. The number of alkyl halides is 3. The van der Waals surface area contributed by atoms with Gasteiger partial charge in [0, 0.05) is 28.4 Å². The molecule has 0 amide bonds. The molecule has 0 saturated heterocycles. The van der Waals surface area contributed by atoms with Crippen LogP contribution in [0.3, 0.4) is 0 Å². The van der Waals surface area contributed by atoms with E-state index in [0.29, 0.717) is 22.2 Å². The summed E-state index contributed by atoms with van der Waals surface area (Å²) < 4.78 is 80.6. The first-order valence-corrected chi connectivity index (χ1v) is 7.99. The van der Waals surface area contributed by atoms with Crippen molar-refractivity contribution in [2.24, 2.45) is 0 Å². The van der Waals surface area contributed by atoms with Crippen LogP contribution in [0.15, 0.2) is 53.6 Å². The number of aromatic nitrogens is 1. The van der Waals surface area contributed by atoms with Gasteiger partial charge in [0.1, 0.15) is 17.5 Å². The molecule has 0 aliphatic rings. The lowest BCUT2D eigenvalue weighted by molar-refractivity contribution is -0.140.